The van der Waals surface area contributed by atoms with Crippen molar-refractivity contribution in [3.8, 4) is 0 Å². The van der Waals surface area contributed by atoms with Gasteiger partial charge in [-0.2, -0.15) is 0 Å². The van der Waals surface area contributed by atoms with E-state index in [0.29, 0.717) is 11.5 Å². The average Bonchev–Trinajstić information content (AvgIpc) is 2.89. The number of rotatable bonds is 3. The van der Waals surface area contributed by atoms with Gasteiger partial charge in [-0.15, -0.1) is 0 Å². The summed E-state index contributed by atoms with van der Waals surface area (Å²) in [6, 6.07) is 7.68. The zero-order valence-corrected chi connectivity index (χ0v) is 12.0. The number of hydrogen-bond donors (Lipinski definition) is 1. The molecule has 0 fully saturated rings. The number of fused-ring (bicyclic) bond motifs is 1. The zero-order valence-electron chi connectivity index (χ0n) is 12.0. The Labute approximate surface area is 123 Å². The maximum absolute atomic E-state index is 11.7. The van der Waals surface area contributed by atoms with Gasteiger partial charge in [0.25, 0.3) is 0 Å². The third kappa shape index (κ3) is 2.70. The number of esters is 1. The minimum absolute atomic E-state index is 0.311. The molecule has 21 heavy (non-hydrogen) atoms. The average molecular weight is 282 g/mol. The van der Waals surface area contributed by atoms with Crippen molar-refractivity contribution in [1.29, 1.82) is 0 Å². The van der Waals surface area contributed by atoms with Crippen molar-refractivity contribution in [2.24, 2.45) is 11.7 Å². The minimum Gasteiger partial charge on any atom is -0.465 e. The second-order valence-corrected chi connectivity index (χ2v) is 5.32. The highest BCUT2D eigenvalue weighted by molar-refractivity contribution is 5.94. The van der Waals surface area contributed by atoms with Crippen molar-refractivity contribution in [2.45, 2.75) is 13.0 Å². The number of benzene rings is 1. The first-order chi connectivity index (χ1) is 10.2. The van der Waals surface area contributed by atoms with Crippen molar-refractivity contribution in [3.05, 3.63) is 60.0 Å². The predicted molar refractivity (Wildman–Crippen MR) is 82.8 cm³/mol. The van der Waals surface area contributed by atoms with Gasteiger partial charge in [-0.3, -0.25) is 0 Å². The van der Waals surface area contributed by atoms with E-state index < -0.39 is 0 Å². The molecule has 1 aromatic carbocycles. The number of hydrogen-bond acceptors (Lipinski definition) is 3. The maximum atomic E-state index is 11.7. The molecular formula is C17H18N2O2. The number of carbonyl (C=O) groups excluding carboxylic acids is 1. The fraction of sp³-hybridized carbons (Fsp3) is 0.235. The van der Waals surface area contributed by atoms with Gasteiger partial charge in [0, 0.05) is 29.9 Å². The Morgan fingerprint density at radius 2 is 2.29 bits per heavy atom. The Morgan fingerprint density at radius 1 is 1.43 bits per heavy atom. The van der Waals surface area contributed by atoms with E-state index in [1.165, 1.54) is 7.11 Å². The standard InChI is InChI=1S/C17H18N2O2/c1-21-17(20)14-6-5-13-7-8-19(16(13)10-14)11-12-3-2-4-15(18)9-12/h2-8,10,12H,9,11,18H2,1H3. The quantitative estimate of drug-likeness (QED) is 0.881. The van der Waals surface area contributed by atoms with E-state index in [4.69, 9.17) is 10.5 Å². The fourth-order valence-electron chi connectivity index (χ4n) is 2.74. The normalized spacial score (nSPS) is 17.8. The van der Waals surface area contributed by atoms with Gasteiger partial charge in [0.2, 0.25) is 0 Å². The monoisotopic (exact) mass is 282 g/mol. The second-order valence-electron chi connectivity index (χ2n) is 5.32. The smallest absolute Gasteiger partial charge is 0.337 e. The topological polar surface area (TPSA) is 57.2 Å². The Balaban J connectivity index is 1.90. The Bertz CT molecular complexity index is 740. The van der Waals surface area contributed by atoms with Gasteiger partial charge in [0.1, 0.15) is 0 Å². The summed E-state index contributed by atoms with van der Waals surface area (Å²) in [6.07, 6.45) is 9.04. The molecule has 0 amide bonds. The van der Waals surface area contributed by atoms with Gasteiger partial charge in [-0.25, -0.2) is 4.79 Å². The van der Waals surface area contributed by atoms with Crippen LogP contribution in [0.15, 0.2) is 54.4 Å². The number of allylic oxidation sites excluding steroid dienone is 4. The summed E-state index contributed by atoms with van der Waals surface area (Å²) in [4.78, 5) is 11.7. The number of carbonyl (C=O) groups is 1. The van der Waals surface area contributed by atoms with Gasteiger partial charge in [0.05, 0.1) is 12.7 Å². The highest BCUT2D eigenvalue weighted by Crippen LogP contribution is 2.23. The molecule has 0 spiro atoms. The molecule has 2 aromatic rings. The molecular weight excluding hydrogens is 264 g/mol. The summed E-state index contributed by atoms with van der Waals surface area (Å²) < 4.78 is 6.94. The molecule has 0 saturated carbocycles. The van der Waals surface area contributed by atoms with E-state index in [2.05, 4.69) is 16.7 Å². The number of nitrogens with zero attached hydrogens (tertiary/aromatic N) is 1. The van der Waals surface area contributed by atoms with Gasteiger partial charge in [0.15, 0.2) is 0 Å². The molecule has 0 radical (unpaired) electrons. The Kier molecular flexibility index (Phi) is 3.52. The third-order valence-corrected chi connectivity index (χ3v) is 3.82. The molecule has 0 aliphatic heterocycles. The first kappa shape index (κ1) is 13.5. The molecule has 1 heterocycles. The van der Waals surface area contributed by atoms with Gasteiger partial charge in [-0.05, 0) is 36.1 Å². The van der Waals surface area contributed by atoms with Crippen LogP contribution in [0.3, 0.4) is 0 Å². The number of methoxy groups -OCH3 is 1. The van der Waals surface area contributed by atoms with Crippen LogP contribution in [0.5, 0.6) is 0 Å². The predicted octanol–water partition coefficient (Wildman–Crippen LogP) is 2.85. The summed E-state index contributed by atoms with van der Waals surface area (Å²) in [6.45, 7) is 0.846. The van der Waals surface area contributed by atoms with Crippen LogP contribution < -0.4 is 5.73 Å². The van der Waals surface area contributed by atoms with E-state index in [9.17, 15) is 4.79 Å². The van der Waals surface area contributed by atoms with Crippen LogP contribution in [-0.2, 0) is 11.3 Å². The lowest BCUT2D eigenvalue weighted by Crippen LogP contribution is -2.14. The van der Waals surface area contributed by atoms with Crippen LogP contribution in [0, 0.1) is 5.92 Å². The van der Waals surface area contributed by atoms with Crippen LogP contribution in [-0.4, -0.2) is 17.6 Å². The van der Waals surface area contributed by atoms with Gasteiger partial charge >= 0.3 is 5.97 Å². The van der Waals surface area contributed by atoms with E-state index in [1.807, 2.05) is 30.5 Å². The largest absolute Gasteiger partial charge is 0.465 e. The van der Waals surface area contributed by atoms with Crippen LogP contribution in [0.2, 0.25) is 0 Å². The van der Waals surface area contributed by atoms with Crippen molar-refractivity contribution in [3.63, 3.8) is 0 Å². The molecule has 3 rings (SSSR count). The van der Waals surface area contributed by atoms with E-state index in [0.717, 1.165) is 29.6 Å². The summed E-state index contributed by atoms with van der Waals surface area (Å²) in [7, 11) is 1.40. The summed E-state index contributed by atoms with van der Waals surface area (Å²) in [5.41, 5.74) is 8.41. The lowest BCUT2D eigenvalue weighted by Gasteiger charge is -2.17. The Hall–Kier alpha value is -2.49. The first-order valence-corrected chi connectivity index (χ1v) is 6.97. The second kappa shape index (κ2) is 5.48. The molecule has 2 N–H and O–H groups in total. The molecule has 1 aromatic heterocycles. The molecule has 0 saturated heterocycles. The lowest BCUT2D eigenvalue weighted by atomic mass is 9.98. The molecule has 108 valence electrons. The SMILES string of the molecule is COC(=O)c1ccc2ccn(CC3C=CC=C(N)C3)c2c1. The maximum Gasteiger partial charge on any atom is 0.337 e. The van der Waals surface area contributed by atoms with Crippen LogP contribution in [0.4, 0.5) is 0 Å². The molecule has 4 heteroatoms. The fourth-order valence-corrected chi connectivity index (χ4v) is 2.74. The Morgan fingerprint density at radius 3 is 3.05 bits per heavy atom. The van der Waals surface area contributed by atoms with Crippen molar-refractivity contribution in [2.75, 3.05) is 7.11 Å². The minimum atomic E-state index is -0.311. The molecule has 1 atom stereocenters. The zero-order chi connectivity index (χ0) is 14.8. The molecule has 4 nitrogen and oxygen atoms in total. The molecule has 1 aliphatic carbocycles. The first-order valence-electron chi connectivity index (χ1n) is 6.97. The number of ether oxygens (including phenoxy) is 1. The van der Waals surface area contributed by atoms with Gasteiger partial charge < -0.3 is 15.0 Å². The molecule has 0 bridgehead atoms. The van der Waals surface area contributed by atoms with Crippen LogP contribution >= 0.6 is 0 Å². The van der Waals surface area contributed by atoms with Crippen molar-refractivity contribution < 1.29 is 9.53 Å². The highest BCUT2D eigenvalue weighted by Gasteiger charge is 2.13. The van der Waals surface area contributed by atoms with E-state index >= 15 is 0 Å². The number of nitrogens with two attached hydrogens (primary N) is 1. The highest BCUT2D eigenvalue weighted by atomic mass is 16.5. The van der Waals surface area contributed by atoms with Crippen LogP contribution in [0.1, 0.15) is 16.8 Å². The van der Waals surface area contributed by atoms with Crippen molar-refractivity contribution in [1.82, 2.24) is 4.57 Å². The number of aromatic nitrogens is 1. The summed E-state index contributed by atoms with van der Waals surface area (Å²) >= 11 is 0. The molecule has 1 unspecified atom stereocenters. The van der Waals surface area contributed by atoms with E-state index in [1.54, 1.807) is 6.07 Å². The van der Waals surface area contributed by atoms with Gasteiger partial charge in [-0.1, -0.05) is 18.2 Å². The lowest BCUT2D eigenvalue weighted by molar-refractivity contribution is 0.0601. The summed E-state index contributed by atoms with van der Waals surface area (Å²) in [5, 5.41) is 1.12. The summed E-state index contributed by atoms with van der Waals surface area (Å²) in [5.74, 6) is 0.0711. The van der Waals surface area contributed by atoms with Crippen LogP contribution in [0.25, 0.3) is 10.9 Å². The molecule has 1 aliphatic rings. The van der Waals surface area contributed by atoms with E-state index in [-0.39, 0.29) is 5.97 Å². The third-order valence-electron chi connectivity index (χ3n) is 3.82. The van der Waals surface area contributed by atoms with Crippen molar-refractivity contribution >= 4 is 16.9 Å².